The van der Waals surface area contributed by atoms with Gasteiger partial charge in [-0.3, -0.25) is 0 Å². The van der Waals surface area contributed by atoms with E-state index < -0.39 is 0 Å². The second-order valence-electron chi connectivity index (χ2n) is 3.66. The predicted octanol–water partition coefficient (Wildman–Crippen LogP) is 2.32. The molecule has 0 aliphatic carbocycles. The van der Waals surface area contributed by atoms with Gasteiger partial charge in [-0.15, -0.1) is 0 Å². The monoisotopic (exact) mass is 151 g/mol. The summed E-state index contributed by atoms with van der Waals surface area (Å²) in [5.41, 5.74) is 0.240. The van der Waals surface area contributed by atoms with Crippen molar-refractivity contribution in [3.63, 3.8) is 0 Å². The molecule has 62 valence electrons. The molecule has 1 heterocycles. The molecule has 0 amide bonds. The Morgan fingerprint density at radius 3 is 2.73 bits per heavy atom. The average Bonchev–Trinajstić information content (AvgIpc) is 2.15. The van der Waals surface area contributed by atoms with E-state index in [0.717, 1.165) is 6.54 Å². The molecule has 0 radical (unpaired) electrons. The van der Waals surface area contributed by atoms with Gasteiger partial charge in [0.15, 0.2) is 0 Å². The molecule has 0 saturated heterocycles. The first-order valence-corrected chi connectivity index (χ1v) is 4.24. The van der Waals surface area contributed by atoms with Crippen molar-refractivity contribution < 1.29 is 0 Å². The molecule has 1 aliphatic heterocycles. The third kappa shape index (κ3) is 1.86. The lowest BCUT2D eigenvalue weighted by atomic mass is 9.79. The number of hydrogen-bond donors (Lipinski definition) is 1. The molecule has 1 aliphatic rings. The molecule has 0 aromatic rings. The summed E-state index contributed by atoms with van der Waals surface area (Å²) >= 11 is 0. The van der Waals surface area contributed by atoms with Crippen molar-refractivity contribution in [2.45, 2.75) is 20.8 Å². The molecular weight excluding hydrogens is 134 g/mol. The van der Waals surface area contributed by atoms with Gasteiger partial charge >= 0.3 is 0 Å². The van der Waals surface area contributed by atoms with E-state index >= 15 is 0 Å². The Morgan fingerprint density at radius 1 is 1.36 bits per heavy atom. The van der Waals surface area contributed by atoms with Crippen LogP contribution in [0.5, 0.6) is 0 Å². The van der Waals surface area contributed by atoms with Crippen LogP contribution in [0, 0.1) is 11.3 Å². The van der Waals surface area contributed by atoms with E-state index in [1.54, 1.807) is 0 Å². The van der Waals surface area contributed by atoms with E-state index in [1.807, 2.05) is 0 Å². The lowest BCUT2D eigenvalue weighted by molar-refractivity contribution is 0.383. The van der Waals surface area contributed by atoms with Gasteiger partial charge in [-0.2, -0.15) is 0 Å². The first-order chi connectivity index (χ1) is 5.15. The van der Waals surface area contributed by atoms with Gasteiger partial charge in [0.05, 0.1) is 0 Å². The molecule has 0 aromatic heterocycles. The Bertz CT molecular complexity index is 163. The zero-order valence-corrected chi connectivity index (χ0v) is 7.59. The van der Waals surface area contributed by atoms with Crippen LogP contribution in [0.3, 0.4) is 0 Å². The van der Waals surface area contributed by atoms with E-state index in [0.29, 0.717) is 5.92 Å². The Kier molecular flexibility index (Phi) is 2.38. The minimum atomic E-state index is 0.240. The summed E-state index contributed by atoms with van der Waals surface area (Å²) in [7, 11) is 0. The molecule has 1 heteroatoms. The van der Waals surface area contributed by atoms with Crippen LogP contribution in [0.25, 0.3) is 0 Å². The normalized spacial score (nSPS) is 30.2. The van der Waals surface area contributed by atoms with Crippen LogP contribution in [-0.2, 0) is 0 Å². The van der Waals surface area contributed by atoms with Crippen LogP contribution in [0.1, 0.15) is 20.8 Å². The van der Waals surface area contributed by atoms with Crippen molar-refractivity contribution in [3.8, 4) is 0 Å². The van der Waals surface area contributed by atoms with E-state index in [9.17, 15) is 0 Å². The van der Waals surface area contributed by atoms with Crippen molar-refractivity contribution in [2.75, 3.05) is 6.54 Å². The van der Waals surface area contributed by atoms with Crippen molar-refractivity contribution in [1.82, 2.24) is 5.32 Å². The Labute approximate surface area is 69.2 Å². The fourth-order valence-corrected chi connectivity index (χ4v) is 1.13. The average molecular weight is 151 g/mol. The van der Waals surface area contributed by atoms with Crippen LogP contribution in [0.4, 0.5) is 0 Å². The molecule has 0 bridgehead atoms. The first-order valence-electron chi connectivity index (χ1n) is 4.24. The molecular formula is C10H17N. The minimum absolute atomic E-state index is 0.240. The lowest BCUT2D eigenvalue weighted by Crippen LogP contribution is -2.17. The smallest absolute Gasteiger partial charge is 0.0325 e. The third-order valence-corrected chi connectivity index (χ3v) is 2.52. The molecule has 1 atom stereocenters. The molecule has 11 heavy (non-hydrogen) atoms. The SMILES string of the molecule is CC(C)C1(C)C=CCNC=C1. The summed E-state index contributed by atoms with van der Waals surface area (Å²) in [6, 6.07) is 0. The summed E-state index contributed by atoms with van der Waals surface area (Å²) < 4.78 is 0. The van der Waals surface area contributed by atoms with Gasteiger partial charge in [-0.05, 0) is 12.1 Å². The fourth-order valence-electron chi connectivity index (χ4n) is 1.13. The maximum absolute atomic E-state index is 3.19. The van der Waals surface area contributed by atoms with Gasteiger partial charge in [0.1, 0.15) is 0 Å². The van der Waals surface area contributed by atoms with Gasteiger partial charge in [0, 0.05) is 12.0 Å². The first kappa shape index (κ1) is 8.38. The van der Waals surface area contributed by atoms with Crippen LogP contribution in [-0.4, -0.2) is 6.54 Å². The number of allylic oxidation sites excluding steroid dienone is 2. The second kappa shape index (κ2) is 3.12. The Hall–Kier alpha value is -0.720. The molecule has 0 spiro atoms. The van der Waals surface area contributed by atoms with Gasteiger partial charge in [-0.1, -0.05) is 39.0 Å². The largest absolute Gasteiger partial charge is 0.388 e. The standard InChI is InChI=1S/C10H17N/c1-9(2)10(3)5-4-7-11-8-6-10/h4-6,8-9,11H,7H2,1-3H3. The zero-order valence-electron chi connectivity index (χ0n) is 7.59. The summed E-state index contributed by atoms with van der Waals surface area (Å²) in [4.78, 5) is 0. The van der Waals surface area contributed by atoms with E-state index in [1.165, 1.54) is 0 Å². The Morgan fingerprint density at radius 2 is 2.09 bits per heavy atom. The highest BCUT2D eigenvalue weighted by molar-refractivity contribution is 5.13. The lowest BCUT2D eigenvalue weighted by Gasteiger charge is -2.25. The van der Waals surface area contributed by atoms with E-state index in [2.05, 4.69) is 50.5 Å². The maximum atomic E-state index is 3.19. The predicted molar refractivity (Wildman–Crippen MR) is 49.2 cm³/mol. The van der Waals surface area contributed by atoms with Gasteiger partial charge < -0.3 is 5.32 Å². The second-order valence-corrected chi connectivity index (χ2v) is 3.66. The van der Waals surface area contributed by atoms with Crippen LogP contribution < -0.4 is 5.32 Å². The van der Waals surface area contributed by atoms with Crippen molar-refractivity contribution in [3.05, 3.63) is 24.4 Å². The van der Waals surface area contributed by atoms with E-state index in [-0.39, 0.29) is 5.41 Å². The Balaban J connectivity index is 2.80. The molecule has 1 nitrogen and oxygen atoms in total. The highest BCUT2D eigenvalue weighted by Crippen LogP contribution is 2.30. The summed E-state index contributed by atoms with van der Waals surface area (Å²) in [6.45, 7) is 7.72. The zero-order chi connectivity index (χ0) is 8.32. The fraction of sp³-hybridized carbons (Fsp3) is 0.600. The highest BCUT2D eigenvalue weighted by atomic mass is 14.8. The number of nitrogens with one attached hydrogen (secondary N) is 1. The van der Waals surface area contributed by atoms with Gasteiger partial charge in [0.2, 0.25) is 0 Å². The van der Waals surface area contributed by atoms with Crippen LogP contribution in [0.2, 0.25) is 0 Å². The number of hydrogen-bond acceptors (Lipinski definition) is 1. The van der Waals surface area contributed by atoms with E-state index in [4.69, 9.17) is 0 Å². The van der Waals surface area contributed by atoms with Crippen LogP contribution in [0.15, 0.2) is 24.4 Å². The van der Waals surface area contributed by atoms with Crippen molar-refractivity contribution >= 4 is 0 Å². The molecule has 1 N–H and O–H groups in total. The maximum Gasteiger partial charge on any atom is 0.0325 e. The number of rotatable bonds is 1. The molecule has 0 fully saturated rings. The summed E-state index contributed by atoms with van der Waals surface area (Å²) in [5, 5.41) is 3.19. The van der Waals surface area contributed by atoms with Crippen molar-refractivity contribution in [1.29, 1.82) is 0 Å². The molecule has 1 rings (SSSR count). The third-order valence-electron chi connectivity index (χ3n) is 2.52. The van der Waals surface area contributed by atoms with Gasteiger partial charge in [0.25, 0.3) is 0 Å². The quantitative estimate of drug-likeness (QED) is 0.567. The summed E-state index contributed by atoms with van der Waals surface area (Å²) in [6.07, 6.45) is 8.77. The molecule has 0 saturated carbocycles. The summed E-state index contributed by atoms with van der Waals surface area (Å²) in [5.74, 6) is 0.662. The van der Waals surface area contributed by atoms with Gasteiger partial charge in [-0.25, -0.2) is 0 Å². The minimum Gasteiger partial charge on any atom is -0.388 e. The molecule has 1 unspecified atom stereocenters. The topological polar surface area (TPSA) is 12.0 Å². The molecule has 0 aromatic carbocycles. The highest BCUT2D eigenvalue weighted by Gasteiger charge is 2.21. The van der Waals surface area contributed by atoms with Crippen LogP contribution >= 0.6 is 0 Å². The van der Waals surface area contributed by atoms with Crippen molar-refractivity contribution in [2.24, 2.45) is 11.3 Å².